The van der Waals surface area contributed by atoms with E-state index in [9.17, 15) is 4.79 Å². The molecule has 4 heterocycles. The second-order valence-corrected chi connectivity index (χ2v) is 9.22. The summed E-state index contributed by atoms with van der Waals surface area (Å²) in [6.45, 7) is 12.0. The highest BCUT2D eigenvalue weighted by Crippen LogP contribution is 2.26. The van der Waals surface area contributed by atoms with Crippen LogP contribution < -0.4 is 15.6 Å². The number of hydrogen-bond donors (Lipinski definition) is 1. The number of aromatic nitrogens is 4. The molecule has 1 N–H and O–H groups in total. The normalized spacial score (nSPS) is 14.6. The zero-order valence-electron chi connectivity index (χ0n) is 20.7. The van der Waals surface area contributed by atoms with Gasteiger partial charge in [0.2, 0.25) is 0 Å². The van der Waals surface area contributed by atoms with Crippen molar-refractivity contribution in [1.29, 1.82) is 0 Å². The Bertz CT molecular complexity index is 1470. The monoisotopic (exact) mass is 492 g/mol. The van der Waals surface area contributed by atoms with Gasteiger partial charge in [0, 0.05) is 29.6 Å². The van der Waals surface area contributed by atoms with E-state index in [0.29, 0.717) is 35.5 Å². The second kappa shape index (κ2) is 11.1. The first-order chi connectivity index (χ1) is 18.1. The van der Waals surface area contributed by atoms with Gasteiger partial charge in [0.1, 0.15) is 0 Å². The van der Waals surface area contributed by atoms with E-state index in [1.807, 2.05) is 31.2 Å². The molecule has 0 bridgehead atoms. The number of benzene rings is 1. The Morgan fingerprint density at radius 1 is 1.08 bits per heavy atom. The summed E-state index contributed by atoms with van der Waals surface area (Å²) in [5, 5.41) is 3.37. The van der Waals surface area contributed by atoms with Gasteiger partial charge in [0.05, 0.1) is 37.3 Å². The highest BCUT2D eigenvalue weighted by molar-refractivity contribution is 5.63. The van der Waals surface area contributed by atoms with Crippen LogP contribution in [0, 0.1) is 12.5 Å². The van der Waals surface area contributed by atoms with E-state index in [0.717, 1.165) is 42.6 Å². The van der Waals surface area contributed by atoms with E-state index in [1.54, 1.807) is 47.6 Å². The summed E-state index contributed by atoms with van der Waals surface area (Å²) in [5.74, 6) is 1.84. The van der Waals surface area contributed by atoms with Crippen molar-refractivity contribution >= 4 is 5.69 Å². The minimum atomic E-state index is -0.232. The van der Waals surface area contributed by atoms with Gasteiger partial charge in [-0.15, -0.1) is 0 Å². The molecule has 1 saturated heterocycles. The highest BCUT2D eigenvalue weighted by Gasteiger charge is 2.15. The maximum Gasteiger partial charge on any atom is 0.251 e. The predicted octanol–water partition coefficient (Wildman–Crippen LogP) is 4.91. The molecule has 0 spiro atoms. The summed E-state index contributed by atoms with van der Waals surface area (Å²) in [4.78, 5) is 29.7. The number of pyridine rings is 2. The fourth-order valence-electron chi connectivity index (χ4n) is 4.51. The molecule has 4 aromatic rings. The standard InChI is InChI=1S/C29H28N6O2/c1-20(35-18-24(6-7-28(35)36)27-15-25(30-2)10-13-32-27)22-4-3-5-23(14-22)29-33-16-26(17-34-29)37-19-21-8-11-31-12-9-21/h3-7,10,13-18,20-21,31H,8-9,11-12,19H2,1H3/t20-/m1/s1. The van der Waals surface area contributed by atoms with Gasteiger partial charge in [-0.3, -0.25) is 9.78 Å². The lowest BCUT2D eigenvalue weighted by Crippen LogP contribution is -2.30. The van der Waals surface area contributed by atoms with E-state index in [2.05, 4.69) is 25.1 Å². The fraction of sp³-hybridized carbons (Fsp3) is 0.276. The van der Waals surface area contributed by atoms with Crippen LogP contribution in [0.5, 0.6) is 5.75 Å². The molecule has 1 atom stereocenters. The van der Waals surface area contributed by atoms with Gasteiger partial charge >= 0.3 is 0 Å². The molecular formula is C29H28N6O2. The third kappa shape index (κ3) is 5.74. The fourth-order valence-corrected chi connectivity index (χ4v) is 4.51. The van der Waals surface area contributed by atoms with Crippen LogP contribution in [-0.4, -0.2) is 39.2 Å². The maximum absolute atomic E-state index is 12.8. The summed E-state index contributed by atoms with van der Waals surface area (Å²) < 4.78 is 7.60. The van der Waals surface area contributed by atoms with E-state index in [-0.39, 0.29) is 11.6 Å². The lowest BCUT2D eigenvalue weighted by atomic mass is 9.99. The van der Waals surface area contributed by atoms with Crippen molar-refractivity contribution in [1.82, 2.24) is 24.8 Å². The molecule has 0 radical (unpaired) electrons. The van der Waals surface area contributed by atoms with Gasteiger partial charge in [-0.2, -0.15) is 0 Å². The van der Waals surface area contributed by atoms with E-state index in [1.165, 1.54) is 6.07 Å². The Morgan fingerprint density at radius 2 is 1.89 bits per heavy atom. The third-order valence-electron chi connectivity index (χ3n) is 6.72. The topological polar surface area (TPSA) is 86.3 Å². The van der Waals surface area contributed by atoms with Crippen molar-refractivity contribution < 1.29 is 4.74 Å². The SMILES string of the molecule is [C-]#[N+]c1ccnc(-c2ccc(=O)n([C@H](C)c3cccc(-c4ncc(OCC5CCNCC5)cn4)c3)c2)c1. The number of ether oxygens (including phenoxy) is 1. The zero-order chi connectivity index (χ0) is 25.6. The number of piperidine rings is 1. The van der Waals surface area contributed by atoms with Crippen LogP contribution in [-0.2, 0) is 0 Å². The molecule has 186 valence electrons. The second-order valence-electron chi connectivity index (χ2n) is 9.22. The summed E-state index contributed by atoms with van der Waals surface area (Å²) >= 11 is 0. The minimum Gasteiger partial charge on any atom is -0.490 e. The molecule has 1 aliphatic heterocycles. The third-order valence-corrected chi connectivity index (χ3v) is 6.72. The highest BCUT2D eigenvalue weighted by atomic mass is 16.5. The molecule has 1 aliphatic rings. The summed E-state index contributed by atoms with van der Waals surface area (Å²) in [6.07, 6.45) is 9.09. The van der Waals surface area contributed by atoms with Crippen molar-refractivity contribution in [2.75, 3.05) is 19.7 Å². The van der Waals surface area contributed by atoms with Crippen LogP contribution in [0.1, 0.15) is 31.4 Å². The van der Waals surface area contributed by atoms with Crippen LogP contribution >= 0.6 is 0 Å². The minimum absolute atomic E-state index is 0.116. The van der Waals surface area contributed by atoms with Gasteiger partial charge in [-0.1, -0.05) is 18.2 Å². The van der Waals surface area contributed by atoms with Crippen molar-refractivity contribution in [3.8, 4) is 28.4 Å². The Hall–Kier alpha value is -4.35. The van der Waals surface area contributed by atoms with Gasteiger partial charge in [0.25, 0.3) is 5.56 Å². The summed E-state index contributed by atoms with van der Waals surface area (Å²) in [5.41, 5.74) is 3.63. The van der Waals surface area contributed by atoms with Crippen LogP contribution in [0.25, 0.3) is 27.5 Å². The Balaban J connectivity index is 1.34. The molecule has 0 amide bonds. The Kier molecular flexibility index (Phi) is 7.33. The van der Waals surface area contributed by atoms with Gasteiger partial charge < -0.3 is 14.6 Å². The quantitative estimate of drug-likeness (QED) is 0.369. The van der Waals surface area contributed by atoms with Crippen LogP contribution in [0.15, 0.2) is 78.1 Å². The van der Waals surface area contributed by atoms with Crippen molar-refractivity contribution in [2.45, 2.75) is 25.8 Å². The largest absolute Gasteiger partial charge is 0.490 e. The molecule has 0 saturated carbocycles. The molecule has 0 unspecified atom stereocenters. The summed E-state index contributed by atoms with van der Waals surface area (Å²) in [7, 11) is 0. The molecule has 8 nitrogen and oxygen atoms in total. The first-order valence-electron chi connectivity index (χ1n) is 12.4. The van der Waals surface area contributed by atoms with Gasteiger partial charge in [0.15, 0.2) is 17.3 Å². The van der Waals surface area contributed by atoms with Crippen molar-refractivity contribution in [2.24, 2.45) is 5.92 Å². The molecule has 3 aromatic heterocycles. The number of nitrogens with zero attached hydrogens (tertiary/aromatic N) is 5. The Labute approximate surface area is 215 Å². The van der Waals surface area contributed by atoms with Crippen LogP contribution in [0.3, 0.4) is 0 Å². The van der Waals surface area contributed by atoms with E-state index in [4.69, 9.17) is 11.3 Å². The zero-order valence-corrected chi connectivity index (χ0v) is 20.7. The lowest BCUT2D eigenvalue weighted by Gasteiger charge is -2.22. The Morgan fingerprint density at radius 3 is 2.68 bits per heavy atom. The lowest BCUT2D eigenvalue weighted by molar-refractivity contribution is 0.214. The van der Waals surface area contributed by atoms with E-state index < -0.39 is 0 Å². The average molecular weight is 493 g/mol. The van der Waals surface area contributed by atoms with E-state index >= 15 is 0 Å². The molecule has 1 fully saturated rings. The first kappa shape index (κ1) is 24.3. The molecule has 5 rings (SSSR count). The number of hydrogen-bond acceptors (Lipinski definition) is 6. The average Bonchev–Trinajstić information content (AvgIpc) is 2.97. The smallest absolute Gasteiger partial charge is 0.251 e. The van der Waals surface area contributed by atoms with Gasteiger partial charge in [-0.25, -0.2) is 14.8 Å². The van der Waals surface area contributed by atoms with Crippen molar-refractivity contribution in [3.63, 3.8) is 0 Å². The first-order valence-corrected chi connectivity index (χ1v) is 12.4. The van der Waals surface area contributed by atoms with Crippen LogP contribution in [0.2, 0.25) is 0 Å². The maximum atomic E-state index is 12.8. The molecule has 1 aromatic carbocycles. The summed E-state index contributed by atoms with van der Waals surface area (Å²) in [6, 6.07) is 14.3. The predicted molar refractivity (Wildman–Crippen MR) is 143 cm³/mol. The van der Waals surface area contributed by atoms with Crippen LogP contribution in [0.4, 0.5) is 5.69 Å². The number of rotatable bonds is 7. The van der Waals surface area contributed by atoms with Gasteiger partial charge in [-0.05, 0) is 68.6 Å². The molecule has 0 aliphatic carbocycles. The molecule has 37 heavy (non-hydrogen) atoms. The molecular weight excluding hydrogens is 464 g/mol. The van der Waals surface area contributed by atoms with Crippen molar-refractivity contribution in [3.05, 3.63) is 101 Å². The number of nitrogens with one attached hydrogen (secondary N) is 1. The molecule has 8 heteroatoms.